The van der Waals surface area contributed by atoms with Crippen molar-refractivity contribution in [1.82, 2.24) is 9.80 Å². The molecule has 1 saturated heterocycles. The Kier molecular flexibility index (Phi) is 5.53. The number of nitrogens with zero attached hydrogens (tertiary/aromatic N) is 2. The molecule has 2 heterocycles. The molecule has 0 unspecified atom stereocenters. The lowest BCUT2D eigenvalue weighted by Crippen LogP contribution is -2.44. The second kappa shape index (κ2) is 7.88. The molecule has 148 valence electrons. The molecule has 0 bridgehead atoms. The number of carboxylic acids is 1. The number of hydrogen-bond acceptors (Lipinski definition) is 4. The molecule has 3 rings (SSSR count). The van der Waals surface area contributed by atoms with Crippen LogP contribution in [0, 0.1) is 13.8 Å². The highest BCUT2D eigenvalue weighted by Gasteiger charge is 2.37. The number of carbonyl (C=O) groups excluding carboxylic acids is 2. The van der Waals surface area contributed by atoms with E-state index in [0.29, 0.717) is 30.9 Å². The van der Waals surface area contributed by atoms with Gasteiger partial charge in [0.15, 0.2) is 0 Å². The number of carboxylic acid groups (broad SMARTS) is 1. The van der Waals surface area contributed by atoms with Gasteiger partial charge in [0.1, 0.15) is 23.1 Å². The number of hydrogen-bond donors (Lipinski definition) is 1. The van der Waals surface area contributed by atoms with Crippen molar-refractivity contribution in [2.45, 2.75) is 45.8 Å². The van der Waals surface area contributed by atoms with Gasteiger partial charge < -0.3 is 19.3 Å². The number of carbonyl (C=O) groups is 3. The van der Waals surface area contributed by atoms with Crippen LogP contribution in [0.3, 0.4) is 0 Å². The molecule has 28 heavy (non-hydrogen) atoms. The lowest BCUT2D eigenvalue weighted by atomic mass is 10.1. The van der Waals surface area contributed by atoms with E-state index in [4.69, 9.17) is 9.52 Å². The zero-order valence-electron chi connectivity index (χ0n) is 16.3. The summed E-state index contributed by atoms with van der Waals surface area (Å²) in [6, 6.07) is 8.81. The second-order valence-electron chi connectivity index (χ2n) is 7.24. The Balaban J connectivity index is 1.70. The van der Waals surface area contributed by atoms with Crippen LogP contribution in [0.2, 0.25) is 0 Å². The summed E-state index contributed by atoms with van der Waals surface area (Å²) in [5.74, 6) is -0.564. The van der Waals surface area contributed by atoms with Gasteiger partial charge in [-0.25, -0.2) is 4.79 Å². The van der Waals surface area contributed by atoms with Crippen LogP contribution >= 0.6 is 0 Å². The minimum atomic E-state index is -1.06. The minimum absolute atomic E-state index is 0.0330. The van der Waals surface area contributed by atoms with Crippen molar-refractivity contribution >= 4 is 17.8 Å². The van der Waals surface area contributed by atoms with Crippen LogP contribution in [0.1, 0.15) is 45.8 Å². The maximum absolute atomic E-state index is 12.9. The summed E-state index contributed by atoms with van der Waals surface area (Å²) in [7, 11) is 1.63. The van der Waals surface area contributed by atoms with E-state index in [1.165, 1.54) is 11.0 Å². The van der Waals surface area contributed by atoms with Crippen LogP contribution < -0.4 is 0 Å². The third-order valence-corrected chi connectivity index (χ3v) is 5.06. The minimum Gasteiger partial charge on any atom is -0.478 e. The van der Waals surface area contributed by atoms with E-state index in [1.807, 2.05) is 31.2 Å². The zero-order valence-corrected chi connectivity index (χ0v) is 16.3. The van der Waals surface area contributed by atoms with E-state index < -0.39 is 12.0 Å². The third kappa shape index (κ3) is 4.08. The van der Waals surface area contributed by atoms with Crippen LogP contribution in [0.15, 0.2) is 34.7 Å². The van der Waals surface area contributed by atoms with Crippen LogP contribution in [-0.4, -0.2) is 45.8 Å². The number of aryl methyl sites for hydroxylation is 2. The molecule has 1 aliphatic heterocycles. The van der Waals surface area contributed by atoms with Crippen LogP contribution in [0.4, 0.5) is 0 Å². The largest absolute Gasteiger partial charge is 0.478 e. The summed E-state index contributed by atoms with van der Waals surface area (Å²) in [6.45, 7) is 4.12. The monoisotopic (exact) mass is 384 g/mol. The Morgan fingerprint density at radius 1 is 1.25 bits per heavy atom. The van der Waals surface area contributed by atoms with Gasteiger partial charge in [0.05, 0.1) is 6.54 Å². The summed E-state index contributed by atoms with van der Waals surface area (Å²) >= 11 is 0. The molecule has 0 aliphatic carbocycles. The molecule has 1 aromatic carbocycles. The molecule has 1 aliphatic rings. The molecule has 1 aromatic heterocycles. The number of furan rings is 1. The molecule has 7 nitrogen and oxygen atoms in total. The molecule has 2 aromatic rings. The average molecular weight is 384 g/mol. The van der Waals surface area contributed by atoms with Crippen LogP contribution in [0.25, 0.3) is 0 Å². The first-order valence-corrected chi connectivity index (χ1v) is 9.19. The molecule has 0 saturated carbocycles. The van der Waals surface area contributed by atoms with Crippen molar-refractivity contribution in [1.29, 1.82) is 0 Å². The van der Waals surface area contributed by atoms with Crippen molar-refractivity contribution in [3.05, 3.63) is 58.5 Å². The summed E-state index contributed by atoms with van der Waals surface area (Å²) in [5.41, 5.74) is 2.21. The number of benzene rings is 1. The molecule has 2 amide bonds. The van der Waals surface area contributed by atoms with Gasteiger partial charge in [-0.05, 0) is 31.9 Å². The lowest BCUT2D eigenvalue weighted by molar-refractivity contribution is -0.141. The molecule has 7 heteroatoms. The summed E-state index contributed by atoms with van der Waals surface area (Å²) in [6.07, 6.45) is 0.824. The van der Waals surface area contributed by atoms with Crippen molar-refractivity contribution in [2.75, 3.05) is 7.05 Å². The van der Waals surface area contributed by atoms with E-state index in [-0.39, 0.29) is 23.9 Å². The zero-order chi connectivity index (χ0) is 20.4. The smallest absolute Gasteiger partial charge is 0.339 e. The molecule has 0 spiro atoms. The number of amides is 2. The number of rotatable bonds is 6. The molecule has 1 atom stereocenters. The second-order valence-corrected chi connectivity index (χ2v) is 7.24. The van der Waals surface area contributed by atoms with Gasteiger partial charge >= 0.3 is 5.97 Å². The van der Waals surface area contributed by atoms with E-state index in [1.54, 1.807) is 18.9 Å². The van der Waals surface area contributed by atoms with E-state index >= 15 is 0 Å². The predicted molar refractivity (Wildman–Crippen MR) is 102 cm³/mol. The number of likely N-dealkylation sites (N-methyl/N-ethyl adjacent to an activating group) is 1. The van der Waals surface area contributed by atoms with Crippen molar-refractivity contribution < 1.29 is 23.9 Å². The Morgan fingerprint density at radius 2 is 1.93 bits per heavy atom. The maximum atomic E-state index is 12.9. The highest BCUT2D eigenvalue weighted by Crippen LogP contribution is 2.24. The first kappa shape index (κ1) is 19.7. The molecule has 1 fully saturated rings. The van der Waals surface area contributed by atoms with E-state index in [0.717, 1.165) is 11.1 Å². The van der Waals surface area contributed by atoms with Gasteiger partial charge in [0.2, 0.25) is 11.8 Å². The fourth-order valence-electron chi connectivity index (χ4n) is 3.48. The van der Waals surface area contributed by atoms with Gasteiger partial charge in [-0.2, -0.15) is 0 Å². The van der Waals surface area contributed by atoms with Gasteiger partial charge in [-0.1, -0.05) is 29.8 Å². The lowest BCUT2D eigenvalue weighted by Gasteiger charge is -2.28. The molecule has 0 radical (unpaired) electrons. The fourth-order valence-corrected chi connectivity index (χ4v) is 3.48. The van der Waals surface area contributed by atoms with Gasteiger partial charge in [-0.3, -0.25) is 9.59 Å². The predicted octanol–water partition coefficient (Wildman–Crippen LogP) is 2.74. The Bertz CT molecular complexity index is 900. The SMILES string of the molecule is Cc1ccc(CN2C(=O)CC[C@H]2C(=O)N(C)Cc2cc(C(=O)O)c(C)o2)cc1. The van der Waals surface area contributed by atoms with Crippen LogP contribution in [-0.2, 0) is 22.7 Å². The maximum Gasteiger partial charge on any atom is 0.339 e. The summed E-state index contributed by atoms with van der Waals surface area (Å²) in [4.78, 5) is 39.5. The summed E-state index contributed by atoms with van der Waals surface area (Å²) in [5, 5.41) is 9.13. The highest BCUT2D eigenvalue weighted by molar-refractivity contribution is 5.91. The quantitative estimate of drug-likeness (QED) is 0.827. The summed E-state index contributed by atoms with van der Waals surface area (Å²) < 4.78 is 5.46. The fraction of sp³-hybridized carbons (Fsp3) is 0.381. The first-order chi connectivity index (χ1) is 13.3. The average Bonchev–Trinajstić information content (AvgIpc) is 3.19. The Hall–Kier alpha value is -3.09. The number of aromatic carboxylic acids is 1. The van der Waals surface area contributed by atoms with E-state index in [9.17, 15) is 14.4 Å². The number of likely N-dealkylation sites (tertiary alicyclic amines) is 1. The Morgan fingerprint density at radius 3 is 2.54 bits per heavy atom. The van der Waals surface area contributed by atoms with Crippen molar-refractivity contribution in [3.8, 4) is 0 Å². The highest BCUT2D eigenvalue weighted by atomic mass is 16.4. The third-order valence-electron chi connectivity index (χ3n) is 5.06. The Labute approximate surface area is 163 Å². The first-order valence-electron chi connectivity index (χ1n) is 9.19. The van der Waals surface area contributed by atoms with Crippen molar-refractivity contribution in [3.63, 3.8) is 0 Å². The normalized spacial score (nSPS) is 16.5. The molecular formula is C21H24N2O5. The van der Waals surface area contributed by atoms with Crippen molar-refractivity contribution in [2.24, 2.45) is 0 Å². The standard InChI is InChI=1S/C21H24N2O5/c1-13-4-6-15(7-5-13)11-23-18(8-9-19(23)24)20(25)22(3)12-16-10-17(21(26)27)14(2)28-16/h4-7,10,18H,8-9,11-12H2,1-3H3,(H,26,27)/t18-/m0/s1. The van der Waals surface area contributed by atoms with E-state index in [2.05, 4.69) is 0 Å². The topological polar surface area (TPSA) is 91.1 Å². The van der Waals surface area contributed by atoms with Gasteiger partial charge in [0.25, 0.3) is 0 Å². The van der Waals surface area contributed by atoms with Gasteiger partial charge in [0, 0.05) is 20.0 Å². The van der Waals surface area contributed by atoms with Gasteiger partial charge in [-0.15, -0.1) is 0 Å². The molecular weight excluding hydrogens is 360 g/mol. The van der Waals surface area contributed by atoms with Crippen LogP contribution in [0.5, 0.6) is 0 Å². The molecule has 1 N–H and O–H groups in total.